The molecule has 0 unspecified atom stereocenters. The van der Waals surface area contributed by atoms with Crippen molar-refractivity contribution < 1.29 is 14.0 Å². The molecule has 6 heteroatoms. The summed E-state index contributed by atoms with van der Waals surface area (Å²) in [6.45, 7) is 2.93. The van der Waals surface area contributed by atoms with E-state index in [4.69, 9.17) is 0 Å². The van der Waals surface area contributed by atoms with Crippen LogP contribution in [-0.4, -0.2) is 36.9 Å². The highest BCUT2D eigenvalue weighted by atomic mass is 19.1. The van der Waals surface area contributed by atoms with Gasteiger partial charge >= 0.3 is 0 Å². The summed E-state index contributed by atoms with van der Waals surface area (Å²) in [6, 6.07) is 13.6. The Bertz CT molecular complexity index is 805. The Hall–Kier alpha value is -2.73. The standard InChI is InChI=1S/C21H24FN3O2/c1-15(16-5-7-17(22)8-6-16)24(2)14-20(26)23-18-9-11-19(12-10-18)25-13-3-4-21(25)27/h5-12,15H,3-4,13-14H2,1-2H3,(H,23,26)/t15-/m1/s1. The van der Waals surface area contributed by atoms with Gasteiger partial charge in [-0.1, -0.05) is 12.1 Å². The first kappa shape index (κ1) is 19.0. The van der Waals surface area contributed by atoms with Crippen molar-refractivity contribution in [3.63, 3.8) is 0 Å². The van der Waals surface area contributed by atoms with Crippen molar-refractivity contribution in [1.29, 1.82) is 0 Å². The van der Waals surface area contributed by atoms with Gasteiger partial charge in [-0.2, -0.15) is 0 Å². The van der Waals surface area contributed by atoms with Crippen LogP contribution in [0.5, 0.6) is 0 Å². The van der Waals surface area contributed by atoms with E-state index in [0.29, 0.717) is 12.1 Å². The predicted octanol–water partition coefficient (Wildman–Crippen LogP) is 3.58. The molecule has 1 atom stereocenters. The average molecular weight is 369 g/mol. The number of carbonyl (C=O) groups is 2. The van der Waals surface area contributed by atoms with E-state index in [1.807, 2.05) is 43.1 Å². The molecule has 0 spiro atoms. The number of halogens is 1. The summed E-state index contributed by atoms with van der Waals surface area (Å²) in [5.41, 5.74) is 2.50. The number of nitrogens with one attached hydrogen (secondary N) is 1. The monoisotopic (exact) mass is 369 g/mol. The predicted molar refractivity (Wildman–Crippen MR) is 104 cm³/mol. The van der Waals surface area contributed by atoms with Gasteiger partial charge in [0.1, 0.15) is 5.82 Å². The zero-order valence-corrected chi connectivity index (χ0v) is 15.6. The van der Waals surface area contributed by atoms with E-state index in [0.717, 1.165) is 24.2 Å². The van der Waals surface area contributed by atoms with E-state index in [-0.39, 0.29) is 30.2 Å². The second-order valence-electron chi connectivity index (χ2n) is 6.89. The molecule has 1 heterocycles. The molecule has 5 nitrogen and oxygen atoms in total. The van der Waals surface area contributed by atoms with Gasteiger partial charge in [0.2, 0.25) is 11.8 Å². The highest BCUT2D eigenvalue weighted by Gasteiger charge is 2.21. The first-order chi connectivity index (χ1) is 12.9. The van der Waals surface area contributed by atoms with Crippen LogP contribution >= 0.6 is 0 Å². The van der Waals surface area contributed by atoms with E-state index in [9.17, 15) is 14.0 Å². The molecule has 0 radical (unpaired) electrons. The quantitative estimate of drug-likeness (QED) is 0.847. The third-order valence-corrected chi connectivity index (χ3v) is 4.94. The Morgan fingerprint density at radius 3 is 2.44 bits per heavy atom. The molecule has 2 aromatic rings. The number of hydrogen-bond acceptors (Lipinski definition) is 3. The summed E-state index contributed by atoms with van der Waals surface area (Å²) < 4.78 is 13.1. The topological polar surface area (TPSA) is 52.7 Å². The third-order valence-electron chi connectivity index (χ3n) is 4.94. The highest BCUT2D eigenvalue weighted by Crippen LogP contribution is 2.23. The van der Waals surface area contributed by atoms with Crippen LogP contribution in [-0.2, 0) is 9.59 Å². The van der Waals surface area contributed by atoms with Crippen molar-refractivity contribution in [1.82, 2.24) is 4.90 Å². The fraction of sp³-hybridized carbons (Fsp3) is 0.333. The van der Waals surface area contributed by atoms with Crippen molar-refractivity contribution in [2.45, 2.75) is 25.8 Å². The number of hydrogen-bond donors (Lipinski definition) is 1. The van der Waals surface area contributed by atoms with Crippen molar-refractivity contribution >= 4 is 23.2 Å². The first-order valence-corrected chi connectivity index (χ1v) is 9.10. The molecule has 2 aromatic carbocycles. The number of nitrogens with zero attached hydrogens (tertiary/aromatic N) is 2. The zero-order chi connectivity index (χ0) is 19.4. The number of amides is 2. The summed E-state index contributed by atoms with van der Waals surface area (Å²) in [7, 11) is 1.86. The van der Waals surface area contributed by atoms with Crippen LogP contribution in [0.25, 0.3) is 0 Å². The van der Waals surface area contributed by atoms with Crippen LogP contribution in [0, 0.1) is 5.82 Å². The lowest BCUT2D eigenvalue weighted by molar-refractivity contribution is -0.118. The minimum Gasteiger partial charge on any atom is -0.325 e. The number of carbonyl (C=O) groups excluding carboxylic acids is 2. The molecular formula is C21H24FN3O2. The number of rotatable bonds is 6. The number of benzene rings is 2. The zero-order valence-electron chi connectivity index (χ0n) is 15.6. The van der Waals surface area contributed by atoms with Gasteiger partial charge in [0.05, 0.1) is 6.54 Å². The Labute approximate surface area is 158 Å². The lowest BCUT2D eigenvalue weighted by Crippen LogP contribution is -2.32. The average Bonchev–Trinajstić information content (AvgIpc) is 3.08. The third kappa shape index (κ3) is 4.71. The van der Waals surface area contributed by atoms with Crippen LogP contribution in [0.4, 0.5) is 15.8 Å². The van der Waals surface area contributed by atoms with Crippen LogP contribution in [0.1, 0.15) is 31.4 Å². The van der Waals surface area contributed by atoms with E-state index < -0.39 is 0 Å². The molecule has 0 bridgehead atoms. The molecule has 3 rings (SSSR count). The molecule has 1 aliphatic heterocycles. The van der Waals surface area contributed by atoms with E-state index in [2.05, 4.69) is 5.32 Å². The van der Waals surface area contributed by atoms with Crippen LogP contribution < -0.4 is 10.2 Å². The molecule has 142 valence electrons. The number of likely N-dealkylation sites (N-methyl/N-ethyl adjacent to an activating group) is 1. The largest absolute Gasteiger partial charge is 0.325 e. The Morgan fingerprint density at radius 1 is 1.19 bits per heavy atom. The van der Waals surface area contributed by atoms with Crippen LogP contribution in [0.3, 0.4) is 0 Å². The smallest absolute Gasteiger partial charge is 0.238 e. The van der Waals surface area contributed by atoms with Gasteiger partial charge < -0.3 is 10.2 Å². The maximum absolute atomic E-state index is 13.1. The van der Waals surface area contributed by atoms with E-state index in [1.54, 1.807) is 17.0 Å². The molecule has 1 aliphatic rings. The first-order valence-electron chi connectivity index (χ1n) is 9.10. The maximum atomic E-state index is 13.1. The maximum Gasteiger partial charge on any atom is 0.238 e. The summed E-state index contributed by atoms with van der Waals surface area (Å²) >= 11 is 0. The second kappa shape index (κ2) is 8.31. The number of anilines is 2. The van der Waals surface area contributed by atoms with Gasteiger partial charge in [-0.3, -0.25) is 14.5 Å². The Balaban J connectivity index is 1.55. The molecular weight excluding hydrogens is 345 g/mol. The molecule has 0 saturated carbocycles. The summed E-state index contributed by atoms with van der Waals surface area (Å²) in [6.07, 6.45) is 1.48. The van der Waals surface area contributed by atoms with Crippen molar-refractivity contribution in [2.75, 3.05) is 30.4 Å². The molecule has 27 heavy (non-hydrogen) atoms. The summed E-state index contributed by atoms with van der Waals surface area (Å²) in [5, 5.41) is 2.87. The van der Waals surface area contributed by atoms with Crippen molar-refractivity contribution in [3.05, 3.63) is 59.9 Å². The summed E-state index contributed by atoms with van der Waals surface area (Å²) in [4.78, 5) is 27.8. The minimum atomic E-state index is -0.273. The SMILES string of the molecule is C[C@H](c1ccc(F)cc1)N(C)CC(=O)Nc1ccc(N2CCCC2=O)cc1. The molecule has 0 aliphatic carbocycles. The van der Waals surface area contributed by atoms with Gasteiger partial charge in [-0.25, -0.2) is 4.39 Å². The molecule has 1 saturated heterocycles. The molecule has 1 fully saturated rings. The van der Waals surface area contributed by atoms with Crippen molar-refractivity contribution in [2.24, 2.45) is 0 Å². The highest BCUT2D eigenvalue weighted by molar-refractivity contribution is 5.96. The molecule has 1 N–H and O–H groups in total. The fourth-order valence-electron chi connectivity index (χ4n) is 3.21. The van der Waals surface area contributed by atoms with Gasteiger partial charge in [0.15, 0.2) is 0 Å². The Morgan fingerprint density at radius 2 is 1.85 bits per heavy atom. The lowest BCUT2D eigenvalue weighted by atomic mass is 10.1. The normalized spacial score (nSPS) is 15.3. The van der Waals surface area contributed by atoms with Crippen LogP contribution in [0.2, 0.25) is 0 Å². The molecule has 0 aromatic heterocycles. The minimum absolute atomic E-state index is 0.0140. The van der Waals surface area contributed by atoms with Gasteiger partial charge in [0.25, 0.3) is 0 Å². The fourth-order valence-corrected chi connectivity index (χ4v) is 3.21. The van der Waals surface area contributed by atoms with Crippen LogP contribution in [0.15, 0.2) is 48.5 Å². The lowest BCUT2D eigenvalue weighted by Gasteiger charge is -2.24. The van der Waals surface area contributed by atoms with E-state index in [1.165, 1.54) is 12.1 Å². The molecule has 2 amide bonds. The Kier molecular flexibility index (Phi) is 5.86. The van der Waals surface area contributed by atoms with Gasteiger partial charge in [-0.05, 0) is 62.4 Å². The van der Waals surface area contributed by atoms with Crippen molar-refractivity contribution in [3.8, 4) is 0 Å². The van der Waals surface area contributed by atoms with Gasteiger partial charge in [0, 0.05) is 30.4 Å². The second-order valence-corrected chi connectivity index (χ2v) is 6.89. The van der Waals surface area contributed by atoms with Gasteiger partial charge in [-0.15, -0.1) is 0 Å². The van der Waals surface area contributed by atoms with E-state index >= 15 is 0 Å². The summed E-state index contributed by atoms with van der Waals surface area (Å²) in [5.74, 6) is -0.259.